The summed E-state index contributed by atoms with van der Waals surface area (Å²) in [5, 5.41) is 3.47. The Kier molecular flexibility index (Phi) is 5.14. The summed E-state index contributed by atoms with van der Waals surface area (Å²) >= 11 is 0. The van der Waals surface area contributed by atoms with Crippen molar-refractivity contribution in [1.82, 2.24) is 10.2 Å². The first-order valence-corrected chi connectivity index (χ1v) is 6.98. The highest BCUT2D eigenvalue weighted by atomic mass is 19.1. The lowest BCUT2D eigenvalue weighted by Crippen LogP contribution is -2.42. The Morgan fingerprint density at radius 2 is 2.00 bits per heavy atom. The van der Waals surface area contributed by atoms with E-state index in [9.17, 15) is 4.39 Å². The number of piperidine rings is 1. The molecule has 1 N–H and O–H groups in total. The zero-order chi connectivity index (χ0) is 12.8. The molecule has 18 heavy (non-hydrogen) atoms. The molecule has 0 aromatic heterocycles. The minimum absolute atomic E-state index is 0.103. The first-order chi connectivity index (χ1) is 8.79. The van der Waals surface area contributed by atoms with E-state index >= 15 is 0 Å². The van der Waals surface area contributed by atoms with E-state index in [2.05, 4.69) is 17.1 Å². The van der Waals surface area contributed by atoms with E-state index in [0.717, 1.165) is 5.56 Å². The Labute approximate surface area is 109 Å². The molecule has 1 aromatic carbocycles. The number of rotatable bonds is 5. The fourth-order valence-corrected chi connectivity index (χ4v) is 2.57. The van der Waals surface area contributed by atoms with Gasteiger partial charge in [0.05, 0.1) is 0 Å². The minimum Gasteiger partial charge on any atom is -0.310 e. The molecule has 0 atom stereocenters. The number of nitrogens with one attached hydrogen (secondary N) is 1. The van der Waals surface area contributed by atoms with E-state index in [1.807, 2.05) is 12.1 Å². The number of hydrogen-bond acceptors (Lipinski definition) is 2. The molecule has 0 aliphatic carbocycles. The van der Waals surface area contributed by atoms with Crippen LogP contribution in [0.5, 0.6) is 0 Å². The van der Waals surface area contributed by atoms with Gasteiger partial charge in [-0.25, -0.2) is 4.39 Å². The van der Waals surface area contributed by atoms with Crippen molar-refractivity contribution in [2.45, 2.75) is 38.8 Å². The van der Waals surface area contributed by atoms with E-state index < -0.39 is 0 Å². The zero-order valence-electron chi connectivity index (χ0n) is 11.2. The summed E-state index contributed by atoms with van der Waals surface area (Å²) in [6.45, 7) is 6.42. The molecule has 1 saturated heterocycles. The lowest BCUT2D eigenvalue weighted by Gasteiger charge is -2.32. The first kappa shape index (κ1) is 13.5. The molecule has 100 valence electrons. The van der Waals surface area contributed by atoms with Crippen molar-refractivity contribution in [3.05, 3.63) is 35.6 Å². The van der Waals surface area contributed by atoms with E-state index in [0.29, 0.717) is 12.6 Å². The number of nitrogens with zero attached hydrogens (tertiary/aromatic N) is 1. The molecule has 2 rings (SSSR count). The number of hydrogen-bond donors (Lipinski definition) is 1. The van der Waals surface area contributed by atoms with Crippen LogP contribution in [-0.4, -0.2) is 30.6 Å². The Morgan fingerprint density at radius 3 is 2.67 bits per heavy atom. The van der Waals surface area contributed by atoms with Crippen LogP contribution in [0.4, 0.5) is 4.39 Å². The average molecular weight is 250 g/mol. The zero-order valence-corrected chi connectivity index (χ0v) is 11.2. The van der Waals surface area contributed by atoms with Gasteiger partial charge in [0.25, 0.3) is 0 Å². The Hall–Kier alpha value is -0.930. The number of halogens is 1. The Bertz CT molecular complexity index is 359. The molecule has 0 bridgehead atoms. The van der Waals surface area contributed by atoms with Gasteiger partial charge in [-0.1, -0.05) is 25.1 Å². The van der Waals surface area contributed by atoms with Gasteiger partial charge < -0.3 is 10.2 Å². The van der Waals surface area contributed by atoms with Gasteiger partial charge in [0.15, 0.2) is 0 Å². The summed E-state index contributed by atoms with van der Waals surface area (Å²) < 4.78 is 13.5. The van der Waals surface area contributed by atoms with E-state index in [-0.39, 0.29) is 5.82 Å². The van der Waals surface area contributed by atoms with Gasteiger partial charge in [-0.3, -0.25) is 0 Å². The third-order valence-corrected chi connectivity index (χ3v) is 3.67. The second-order valence-electron chi connectivity index (χ2n) is 5.09. The van der Waals surface area contributed by atoms with Gasteiger partial charge in [0.2, 0.25) is 0 Å². The van der Waals surface area contributed by atoms with Gasteiger partial charge >= 0.3 is 0 Å². The van der Waals surface area contributed by atoms with Crippen molar-refractivity contribution < 1.29 is 4.39 Å². The molecular formula is C15H23FN2. The molecule has 1 aliphatic heterocycles. The van der Waals surface area contributed by atoms with Gasteiger partial charge in [0.1, 0.15) is 5.82 Å². The monoisotopic (exact) mass is 250 g/mol. The standard InChI is InChI=1S/C15H23FN2/c1-2-9-18-10-7-14(8-11-18)17-12-13-5-3-4-6-15(13)16/h3-6,14,17H,2,7-12H2,1H3. The fourth-order valence-electron chi connectivity index (χ4n) is 2.57. The van der Waals surface area contributed by atoms with Crippen molar-refractivity contribution in [2.24, 2.45) is 0 Å². The predicted molar refractivity (Wildman–Crippen MR) is 73.0 cm³/mol. The van der Waals surface area contributed by atoms with Crippen LogP contribution in [0.3, 0.4) is 0 Å². The van der Waals surface area contributed by atoms with Crippen LogP contribution in [0.25, 0.3) is 0 Å². The summed E-state index contributed by atoms with van der Waals surface area (Å²) in [6, 6.07) is 7.55. The normalized spacial score (nSPS) is 18.1. The molecule has 3 heteroatoms. The Balaban J connectivity index is 1.74. The van der Waals surface area contributed by atoms with Crippen LogP contribution >= 0.6 is 0 Å². The maximum atomic E-state index is 13.5. The summed E-state index contributed by atoms with van der Waals surface area (Å²) in [7, 11) is 0. The van der Waals surface area contributed by atoms with Crippen LogP contribution < -0.4 is 5.32 Å². The molecular weight excluding hydrogens is 227 g/mol. The molecule has 0 radical (unpaired) electrons. The minimum atomic E-state index is -0.103. The lowest BCUT2D eigenvalue weighted by atomic mass is 10.0. The second-order valence-corrected chi connectivity index (χ2v) is 5.09. The summed E-state index contributed by atoms with van der Waals surface area (Å²) in [5.41, 5.74) is 0.772. The van der Waals surface area contributed by atoms with Gasteiger partial charge in [-0.15, -0.1) is 0 Å². The third kappa shape index (κ3) is 3.79. The molecule has 2 nitrogen and oxygen atoms in total. The molecule has 1 heterocycles. The summed E-state index contributed by atoms with van der Waals surface area (Å²) in [6.07, 6.45) is 3.58. The largest absolute Gasteiger partial charge is 0.310 e. The average Bonchev–Trinajstić information content (AvgIpc) is 2.40. The van der Waals surface area contributed by atoms with Crippen molar-refractivity contribution in [2.75, 3.05) is 19.6 Å². The highest BCUT2D eigenvalue weighted by molar-refractivity contribution is 5.17. The van der Waals surface area contributed by atoms with Crippen molar-refractivity contribution in [1.29, 1.82) is 0 Å². The van der Waals surface area contributed by atoms with Crippen LogP contribution in [0.1, 0.15) is 31.7 Å². The van der Waals surface area contributed by atoms with Gasteiger partial charge in [-0.2, -0.15) is 0 Å². The Morgan fingerprint density at radius 1 is 1.28 bits per heavy atom. The third-order valence-electron chi connectivity index (χ3n) is 3.67. The van der Waals surface area contributed by atoms with Crippen molar-refractivity contribution in [3.63, 3.8) is 0 Å². The molecule has 0 saturated carbocycles. The second kappa shape index (κ2) is 6.86. The SMILES string of the molecule is CCCN1CCC(NCc2ccccc2F)CC1. The maximum Gasteiger partial charge on any atom is 0.127 e. The van der Waals surface area contributed by atoms with E-state index in [1.165, 1.54) is 45.0 Å². The molecule has 1 fully saturated rings. The predicted octanol–water partition coefficient (Wildman–Crippen LogP) is 2.79. The maximum absolute atomic E-state index is 13.5. The quantitative estimate of drug-likeness (QED) is 0.864. The number of benzene rings is 1. The molecule has 0 amide bonds. The van der Waals surface area contributed by atoms with E-state index in [4.69, 9.17) is 0 Å². The van der Waals surface area contributed by atoms with E-state index in [1.54, 1.807) is 6.07 Å². The highest BCUT2D eigenvalue weighted by Crippen LogP contribution is 2.12. The molecule has 1 aromatic rings. The van der Waals surface area contributed by atoms with Crippen LogP contribution in [-0.2, 0) is 6.54 Å². The van der Waals surface area contributed by atoms with Crippen LogP contribution in [0.15, 0.2) is 24.3 Å². The lowest BCUT2D eigenvalue weighted by molar-refractivity contribution is 0.197. The van der Waals surface area contributed by atoms with Crippen LogP contribution in [0, 0.1) is 5.82 Å². The summed E-state index contributed by atoms with van der Waals surface area (Å²) in [5.74, 6) is -0.103. The number of likely N-dealkylation sites (tertiary alicyclic amines) is 1. The highest BCUT2D eigenvalue weighted by Gasteiger charge is 2.18. The fraction of sp³-hybridized carbons (Fsp3) is 0.600. The summed E-state index contributed by atoms with van der Waals surface area (Å²) in [4.78, 5) is 2.52. The van der Waals surface area contributed by atoms with Gasteiger partial charge in [-0.05, 0) is 45.0 Å². The first-order valence-electron chi connectivity index (χ1n) is 6.98. The molecule has 0 spiro atoms. The van der Waals surface area contributed by atoms with Crippen molar-refractivity contribution in [3.8, 4) is 0 Å². The topological polar surface area (TPSA) is 15.3 Å². The molecule has 0 unspecified atom stereocenters. The molecule has 1 aliphatic rings. The van der Waals surface area contributed by atoms with Gasteiger partial charge in [0, 0.05) is 18.2 Å². The van der Waals surface area contributed by atoms with Crippen LogP contribution in [0.2, 0.25) is 0 Å². The van der Waals surface area contributed by atoms with Crippen molar-refractivity contribution >= 4 is 0 Å². The smallest absolute Gasteiger partial charge is 0.127 e.